The van der Waals surface area contributed by atoms with Crippen molar-refractivity contribution in [1.82, 2.24) is 10.6 Å². The van der Waals surface area contributed by atoms with Gasteiger partial charge in [-0.1, -0.05) is 39.3 Å². The number of fused-ring (bicyclic) bond motifs is 1. The van der Waals surface area contributed by atoms with Gasteiger partial charge in [-0.2, -0.15) is 0 Å². The van der Waals surface area contributed by atoms with Gasteiger partial charge in [0.05, 0.1) is 0 Å². The van der Waals surface area contributed by atoms with Crippen LogP contribution in [0.4, 0.5) is 0 Å². The van der Waals surface area contributed by atoms with Crippen LogP contribution in [0.5, 0.6) is 0 Å². The fourth-order valence-electron chi connectivity index (χ4n) is 2.09. The summed E-state index contributed by atoms with van der Waals surface area (Å²) in [5.74, 6) is 0.401. The topological polar surface area (TPSA) is 75.3 Å². The van der Waals surface area contributed by atoms with Crippen LogP contribution in [0.2, 0.25) is 0 Å². The van der Waals surface area contributed by atoms with Gasteiger partial charge in [-0.25, -0.2) is 0 Å². The van der Waals surface area contributed by atoms with E-state index in [4.69, 9.17) is 0 Å². The summed E-state index contributed by atoms with van der Waals surface area (Å²) in [6.45, 7) is 7.00. The van der Waals surface area contributed by atoms with Crippen LogP contribution < -0.4 is 10.6 Å². The summed E-state index contributed by atoms with van der Waals surface area (Å²) in [5.41, 5.74) is 3.27. The van der Waals surface area contributed by atoms with Gasteiger partial charge in [0.25, 0.3) is 5.91 Å². The highest BCUT2D eigenvalue weighted by Crippen LogP contribution is 2.21. The van der Waals surface area contributed by atoms with E-state index in [0.29, 0.717) is 25.3 Å². The maximum Gasteiger partial charge on any atom is 0.251 e. The Morgan fingerprint density at radius 3 is 2.73 bits per heavy atom. The normalized spacial score (nSPS) is 12.1. The zero-order valence-corrected chi connectivity index (χ0v) is 13.4. The van der Waals surface area contributed by atoms with E-state index in [2.05, 4.69) is 30.5 Å². The number of unbranched alkanes of at least 4 members (excludes halogenated alkanes) is 1. The van der Waals surface area contributed by atoms with Crippen LogP contribution in [-0.2, 0) is 16.1 Å². The first-order valence-electron chi connectivity index (χ1n) is 7.63. The molecular formula is C17H24N2O3. The highest BCUT2D eigenvalue weighted by Gasteiger charge is 2.18. The van der Waals surface area contributed by atoms with Crippen LogP contribution in [0.25, 0.3) is 0 Å². The molecule has 0 bridgehead atoms. The van der Waals surface area contributed by atoms with Gasteiger partial charge in [0.15, 0.2) is 0 Å². The van der Waals surface area contributed by atoms with Gasteiger partial charge in [-0.15, -0.1) is 0 Å². The molecule has 1 aliphatic heterocycles. The van der Waals surface area contributed by atoms with Crippen LogP contribution in [0.15, 0.2) is 18.2 Å². The number of imide groups is 1. The molecule has 1 aromatic rings. The second-order valence-corrected chi connectivity index (χ2v) is 5.54. The highest BCUT2D eigenvalue weighted by atomic mass is 16.2. The average Bonchev–Trinajstić information content (AvgIpc) is 2.87. The van der Waals surface area contributed by atoms with E-state index in [1.54, 1.807) is 0 Å². The molecule has 0 saturated heterocycles. The summed E-state index contributed by atoms with van der Waals surface area (Å²) < 4.78 is 0. The molecule has 0 unspecified atom stereocenters. The third kappa shape index (κ3) is 5.31. The molecule has 2 N–H and O–H groups in total. The van der Waals surface area contributed by atoms with E-state index < -0.39 is 0 Å². The Hall–Kier alpha value is -2.17. The zero-order valence-electron chi connectivity index (χ0n) is 13.4. The SMILES string of the molecule is CC(C)c1ccc2c(c1)CNC2=O.CCCCC(=O)NC=O. The molecule has 3 amide bonds. The van der Waals surface area contributed by atoms with Crippen LogP contribution in [0, 0.1) is 0 Å². The Bertz CT molecular complexity index is 539. The molecule has 0 saturated carbocycles. The molecule has 0 radical (unpaired) electrons. The van der Waals surface area contributed by atoms with Gasteiger partial charge >= 0.3 is 0 Å². The maximum absolute atomic E-state index is 11.2. The summed E-state index contributed by atoms with van der Waals surface area (Å²) in [6, 6.07) is 6.08. The van der Waals surface area contributed by atoms with E-state index in [1.165, 1.54) is 5.56 Å². The quantitative estimate of drug-likeness (QED) is 0.821. The summed E-state index contributed by atoms with van der Waals surface area (Å²) >= 11 is 0. The molecule has 1 heterocycles. The number of carbonyl (C=O) groups is 3. The van der Waals surface area contributed by atoms with Crippen molar-refractivity contribution in [3.8, 4) is 0 Å². The summed E-state index contributed by atoms with van der Waals surface area (Å²) in [5, 5.41) is 4.87. The van der Waals surface area contributed by atoms with Crippen LogP contribution >= 0.6 is 0 Å². The lowest BCUT2D eigenvalue weighted by atomic mass is 9.98. The molecule has 0 fully saturated rings. The Balaban J connectivity index is 0.000000239. The molecular weight excluding hydrogens is 280 g/mol. The molecule has 1 aromatic carbocycles. The van der Waals surface area contributed by atoms with E-state index in [9.17, 15) is 14.4 Å². The van der Waals surface area contributed by atoms with Crippen molar-refractivity contribution < 1.29 is 14.4 Å². The Labute approximate surface area is 131 Å². The van der Waals surface area contributed by atoms with Gasteiger partial charge in [-0.05, 0) is 29.5 Å². The number of benzene rings is 1. The van der Waals surface area contributed by atoms with Crippen molar-refractivity contribution in [2.75, 3.05) is 0 Å². The smallest absolute Gasteiger partial charge is 0.251 e. The predicted molar refractivity (Wildman–Crippen MR) is 85.4 cm³/mol. The van der Waals surface area contributed by atoms with E-state index >= 15 is 0 Å². The number of rotatable bonds is 5. The van der Waals surface area contributed by atoms with Crippen molar-refractivity contribution in [1.29, 1.82) is 0 Å². The van der Waals surface area contributed by atoms with E-state index in [1.807, 2.05) is 19.1 Å². The Morgan fingerprint density at radius 1 is 1.41 bits per heavy atom. The fraction of sp³-hybridized carbons (Fsp3) is 0.471. The number of carbonyl (C=O) groups excluding carboxylic acids is 3. The maximum atomic E-state index is 11.2. The predicted octanol–water partition coefficient (Wildman–Crippen LogP) is 2.50. The van der Waals surface area contributed by atoms with Gasteiger partial charge in [0, 0.05) is 18.5 Å². The largest absolute Gasteiger partial charge is 0.348 e. The summed E-state index contributed by atoms with van der Waals surface area (Å²) in [6.07, 6.45) is 2.69. The Morgan fingerprint density at radius 2 is 2.14 bits per heavy atom. The zero-order chi connectivity index (χ0) is 16.5. The molecule has 1 aliphatic rings. The minimum atomic E-state index is -0.188. The van der Waals surface area contributed by atoms with E-state index in [-0.39, 0.29) is 11.8 Å². The molecule has 22 heavy (non-hydrogen) atoms. The number of hydrogen-bond donors (Lipinski definition) is 2. The number of hydrogen-bond acceptors (Lipinski definition) is 3. The van der Waals surface area contributed by atoms with Crippen LogP contribution in [-0.4, -0.2) is 18.2 Å². The molecule has 2 rings (SSSR count). The first-order valence-corrected chi connectivity index (χ1v) is 7.63. The monoisotopic (exact) mass is 304 g/mol. The van der Waals surface area contributed by atoms with Crippen LogP contribution in [0.3, 0.4) is 0 Å². The van der Waals surface area contributed by atoms with Crippen molar-refractivity contribution in [3.05, 3.63) is 34.9 Å². The summed E-state index contributed by atoms with van der Waals surface area (Å²) in [4.78, 5) is 31.3. The van der Waals surface area contributed by atoms with Crippen molar-refractivity contribution >= 4 is 18.2 Å². The minimum absolute atomic E-state index is 0.0605. The third-order valence-electron chi connectivity index (χ3n) is 3.46. The molecule has 0 atom stereocenters. The fourth-order valence-corrected chi connectivity index (χ4v) is 2.09. The second kappa shape index (κ2) is 8.97. The van der Waals surface area contributed by atoms with E-state index in [0.717, 1.165) is 24.0 Å². The van der Waals surface area contributed by atoms with Crippen LogP contribution in [0.1, 0.15) is 67.4 Å². The lowest BCUT2D eigenvalue weighted by Crippen LogP contribution is -2.20. The van der Waals surface area contributed by atoms with Crippen molar-refractivity contribution in [2.24, 2.45) is 0 Å². The molecule has 0 spiro atoms. The Kier molecular flexibility index (Phi) is 7.29. The molecule has 0 aliphatic carbocycles. The minimum Gasteiger partial charge on any atom is -0.348 e. The molecule has 0 aromatic heterocycles. The highest BCUT2D eigenvalue weighted by molar-refractivity contribution is 5.98. The number of nitrogens with one attached hydrogen (secondary N) is 2. The second-order valence-electron chi connectivity index (χ2n) is 5.54. The molecule has 5 nitrogen and oxygen atoms in total. The van der Waals surface area contributed by atoms with Gasteiger partial charge < -0.3 is 5.32 Å². The first-order chi connectivity index (χ1) is 10.5. The lowest BCUT2D eigenvalue weighted by Gasteiger charge is -2.06. The third-order valence-corrected chi connectivity index (χ3v) is 3.46. The number of amides is 3. The summed E-state index contributed by atoms with van der Waals surface area (Å²) in [7, 11) is 0. The van der Waals surface area contributed by atoms with Crippen molar-refractivity contribution in [2.45, 2.75) is 52.5 Å². The van der Waals surface area contributed by atoms with Crippen molar-refractivity contribution in [3.63, 3.8) is 0 Å². The van der Waals surface area contributed by atoms with Gasteiger partial charge in [-0.3, -0.25) is 19.7 Å². The standard InChI is InChI=1S/C11H13NO.C6H11NO2/c1-7(2)8-3-4-10-9(5-8)6-12-11(10)13;1-2-3-4-6(9)7-5-8/h3-5,7H,6H2,1-2H3,(H,12,13);5H,2-4H2,1H3,(H,7,8,9). The average molecular weight is 304 g/mol. The molecule has 120 valence electrons. The van der Waals surface area contributed by atoms with Gasteiger partial charge in [0.1, 0.15) is 0 Å². The lowest BCUT2D eigenvalue weighted by molar-refractivity contribution is -0.125. The van der Waals surface area contributed by atoms with Gasteiger partial charge in [0.2, 0.25) is 12.3 Å². The molecule has 5 heteroatoms. The first kappa shape index (κ1) is 17.9.